The standard InChI is InChI=1S/C11H14N2O2/c12-10-6-13(7-10)5-8-1-3-9(4-2-8)11(14)15/h1-4,10H,5-7,12H2,(H,14,15). The highest BCUT2D eigenvalue weighted by Gasteiger charge is 2.22. The van der Waals surface area contributed by atoms with Crippen molar-refractivity contribution in [3.8, 4) is 0 Å². The molecule has 0 aromatic heterocycles. The minimum Gasteiger partial charge on any atom is -0.478 e. The molecular weight excluding hydrogens is 192 g/mol. The van der Waals surface area contributed by atoms with Crippen LogP contribution >= 0.6 is 0 Å². The van der Waals surface area contributed by atoms with Crippen molar-refractivity contribution in [1.82, 2.24) is 4.90 Å². The van der Waals surface area contributed by atoms with Crippen LogP contribution in [0.15, 0.2) is 24.3 Å². The maximum atomic E-state index is 10.6. The van der Waals surface area contributed by atoms with Gasteiger partial charge in [0, 0.05) is 25.7 Å². The number of benzene rings is 1. The van der Waals surface area contributed by atoms with Gasteiger partial charge in [-0.3, -0.25) is 4.90 Å². The first kappa shape index (κ1) is 10.1. The summed E-state index contributed by atoms with van der Waals surface area (Å²) in [6, 6.07) is 7.29. The fraction of sp³-hybridized carbons (Fsp3) is 0.364. The van der Waals surface area contributed by atoms with E-state index in [1.165, 1.54) is 0 Å². The Morgan fingerprint density at radius 3 is 2.47 bits per heavy atom. The molecule has 1 aliphatic rings. The Morgan fingerprint density at radius 2 is 2.00 bits per heavy atom. The number of carboxylic acid groups (broad SMARTS) is 1. The lowest BCUT2D eigenvalue weighted by Gasteiger charge is -2.36. The fourth-order valence-electron chi connectivity index (χ4n) is 1.75. The summed E-state index contributed by atoms with van der Waals surface area (Å²) >= 11 is 0. The maximum absolute atomic E-state index is 10.6. The van der Waals surface area contributed by atoms with Crippen LogP contribution < -0.4 is 5.73 Å². The molecule has 1 aliphatic heterocycles. The molecule has 0 bridgehead atoms. The van der Waals surface area contributed by atoms with Gasteiger partial charge >= 0.3 is 5.97 Å². The third-order valence-electron chi connectivity index (χ3n) is 2.59. The summed E-state index contributed by atoms with van der Waals surface area (Å²) in [5.74, 6) is -0.882. The summed E-state index contributed by atoms with van der Waals surface area (Å²) in [5.41, 5.74) is 7.13. The smallest absolute Gasteiger partial charge is 0.335 e. The van der Waals surface area contributed by atoms with Crippen molar-refractivity contribution in [1.29, 1.82) is 0 Å². The first-order chi connectivity index (χ1) is 7.15. The van der Waals surface area contributed by atoms with E-state index in [4.69, 9.17) is 10.8 Å². The summed E-state index contributed by atoms with van der Waals surface area (Å²) in [6.45, 7) is 2.72. The van der Waals surface area contributed by atoms with E-state index in [1.807, 2.05) is 12.1 Å². The Labute approximate surface area is 88.3 Å². The van der Waals surface area contributed by atoms with Crippen molar-refractivity contribution in [2.75, 3.05) is 13.1 Å². The van der Waals surface area contributed by atoms with Gasteiger partial charge in [0.05, 0.1) is 5.56 Å². The molecule has 0 radical (unpaired) electrons. The van der Waals surface area contributed by atoms with Crippen LogP contribution in [0.25, 0.3) is 0 Å². The largest absolute Gasteiger partial charge is 0.478 e. The molecule has 2 rings (SSSR count). The van der Waals surface area contributed by atoms with E-state index in [9.17, 15) is 4.79 Å². The molecule has 0 unspecified atom stereocenters. The summed E-state index contributed by atoms with van der Waals surface area (Å²) in [7, 11) is 0. The summed E-state index contributed by atoms with van der Waals surface area (Å²) in [6.07, 6.45) is 0. The Balaban J connectivity index is 1.95. The average molecular weight is 206 g/mol. The molecule has 1 saturated heterocycles. The predicted molar refractivity (Wildman–Crippen MR) is 56.7 cm³/mol. The van der Waals surface area contributed by atoms with Crippen LogP contribution in [0.4, 0.5) is 0 Å². The van der Waals surface area contributed by atoms with Gasteiger partial charge in [0.25, 0.3) is 0 Å². The Kier molecular flexibility index (Phi) is 2.70. The zero-order chi connectivity index (χ0) is 10.8. The first-order valence-corrected chi connectivity index (χ1v) is 4.95. The van der Waals surface area contributed by atoms with Gasteiger partial charge < -0.3 is 10.8 Å². The number of aromatic carboxylic acids is 1. The molecule has 80 valence electrons. The summed E-state index contributed by atoms with van der Waals surface area (Å²) in [4.78, 5) is 12.9. The SMILES string of the molecule is NC1CN(Cc2ccc(C(=O)O)cc2)C1. The van der Waals surface area contributed by atoms with E-state index >= 15 is 0 Å². The molecule has 3 N–H and O–H groups in total. The van der Waals surface area contributed by atoms with Crippen LogP contribution in [0.2, 0.25) is 0 Å². The van der Waals surface area contributed by atoms with Gasteiger partial charge in [0.15, 0.2) is 0 Å². The van der Waals surface area contributed by atoms with E-state index in [0.717, 1.165) is 25.2 Å². The van der Waals surface area contributed by atoms with Crippen molar-refractivity contribution < 1.29 is 9.90 Å². The molecule has 0 spiro atoms. The molecule has 4 heteroatoms. The van der Waals surface area contributed by atoms with Gasteiger partial charge in [-0.1, -0.05) is 12.1 Å². The Hall–Kier alpha value is -1.39. The molecule has 4 nitrogen and oxygen atoms in total. The molecule has 1 aromatic rings. The quantitative estimate of drug-likeness (QED) is 0.757. The lowest BCUT2D eigenvalue weighted by molar-refractivity contribution is 0.0697. The molecule has 1 fully saturated rings. The van der Waals surface area contributed by atoms with E-state index in [-0.39, 0.29) is 0 Å². The predicted octanol–water partition coefficient (Wildman–Crippen LogP) is 0.528. The molecule has 0 amide bonds. The number of rotatable bonds is 3. The second-order valence-electron chi connectivity index (χ2n) is 3.96. The average Bonchev–Trinajstić information content (AvgIpc) is 2.16. The van der Waals surface area contributed by atoms with Crippen LogP contribution in [0.1, 0.15) is 15.9 Å². The zero-order valence-electron chi connectivity index (χ0n) is 8.39. The molecular formula is C11H14N2O2. The number of carbonyl (C=O) groups is 1. The zero-order valence-corrected chi connectivity index (χ0v) is 8.39. The highest BCUT2D eigenvalue weighted by atomic mass is 16.4. The summed E-state index contributed by atoms with van der Waals surface area (Å²) < 4.78 is 0. The van der Waals surface area contributed by atoms with Gasteiger partial charge in [-0.2, -0.15) is 0 Å². The van der Waals surface area contributed by atoms with Gasteiger partial charge in [0.1, 0.15) is 0 Å². The highest BCUT2D eigenvalue weighted by molar-refractivity contribution is 5.87. The van der Waals surface area contributed by atoms with Crippen LogP contribution in [-0.2, 0) is 6.54 Å². The van der Waals surface area contributed by atoms with Crippen LogP contribution in [-0.4, -0.2) is 35.1 Å². The van der Waals surface area contributed by atoms with Crippen LogP contribution in [0.5, 0.6) is 0 Å². The van der Waals surface area contributed by atoms with E-state index < -0.39 is 5.97 Å². The molecule has 1 aromatic carbocycles. The second kappa shape index (κ2) is 4.00. The normalized spacial score (nSPS) is 17.4. The van der Waals surface area contributed by atoms with Crippen molar-refractivity contribution >= 4 is 5.97 Å². The fourth-order valence-corrected chi connectivity index (χ4v) is 1.75. The molecule has 15 heavy (non-hydrogen) atoms. The van der Waals surface area contributed by atoms with Gasteiger partial charge in [-0.05, 0) is 17.7 Å². The van der Waals surface area contributed by atoms with Crippen LogP contribution in [0, 0.1) is 0 Å². The highest BCUT2D eigenvalue weighted by Crippen LogP contribution is 2.12. The van der Waals surface area contributed by atoms with Crippen molar-refractivity contribution in [3.05, 3.63) is 35.4 Å². The summed E-state index contributed by atoms with van der Waals surface area (Å²) in [5, 5.41) is 8.72. The minimum absolute atomic E-state index is 0.309. The van der Waals surface area contributed by atoms with E-state index in [1.54, 1.807) is 12.1 Å². The lowest BCUT2D eigenvalue weighted by atomic mass is 10.1. The monoisotopic (exact) mass is 206 g/mol. The number of hydrogen-bond acceptors (Lipinski definition) is 3. The second-order valence-corrected chi connectivity index (χ2v) is 3.96. The number of nitrogens with two attached hydrogens (primary N) is 1. The minimum atomic E-state index is -0.882. The van der Waals surface area contributed by atoms with Crippen molar-refractivity contribution in [2.24, 2.45) is 5.73 Å². The van der Waals surface area contributed by atoms with Crippen molar-refractivity contribution in [2.45, 2.75) is 12.6 Å². The topological polar surface area (TPSA) is 66.6 Å². The van der Waals surface area contributed by atoms with Gasteiger partial charge in [-0.15, -0.1) is 0 Å². The van der Waals surface area contributed by atoms with Gasteiger partial charge in [0.2, 0.25) is 0 Å². The number of nitrogens with zero attached hydrogens (tertiary/aromatic N) is 1. The van der Waals surface area contributed by atoms with Crippen LogP contribution in [0.3, 0.4) is 0 Å². The molecule has 0 saturated carbocycles. The third-order valence-corrected chi connectivity index (χ3v) is 2.59. The van der Waals surface area contributed by atoms with E-state index in [2.05, 4.69) is 4.90 Å². The lowest BCUT2D eigenvalue weighted by Crippen LogP contribution is -2.54. The number of hydrogen-bond donors (Lipinski definition) is 2. The Bertz CT molecular complexity index is 355. The van der Waals surface area contributed by atoms with E-state index in [0.29, 0.717) is 11.6 Å². The molecule has 1 heterocycles. The van der Waals surface area contributed by atoms with Gasteiger partial charge in [-0.25, -0.2) is 4.79 Å². The molecule has 0 atom stereocenters. The third kappa shape index (κ3) is 2.34. The van der Waals surface area contributed by atoms with Crippen molar-refractivity contribution in [3.63, 3.8) is 0 Å². The first-order valence-electron chi connectivity index (χ1n) is 4.95. The molecule has 0 aliphatic carbocycles. The number of likely N-dealkylation sites (tertiary alicyclic amines) is 1. The maximum Gasteiger partial charge on any atom is 0.335 e. The number of carboxylic acids is 1. The Morgan fingerprint density at radius 1 is 1.40 bits per heavy atom.